The summed E-state index contributed by atoms with van der Waals surface area (Å²) in [4.78, 5) is 22.1. The van der Waals surface area contributed by atoms with E-state index in [4.69, 9.17) is 5.11 Å². The largest absolute Gasteiger partial charge is 0.480 e. The van der Waals surface area contributed by atoms with Gasteiger partial charge in [-0.2, -0.15) is 0 Å². The Bertz CT molecular complexity index is 178. The van der Waals surface area contributed by atoms with Crippen LogP contribution in [0.4, 0.5) is 0 Å². The topological polar surface area (TPSA) is 57.6 Å². The minimum Gasteiger partial charge on any atom is -0.480 e. The Morgan fingerprint density at radius 3 is 2.70 bits per heavy atom. The number of carbonyl (C=O) groups excluding carboxylic acids is 1. The summed E-state index contributed by atoms with van der Waals surface area (Å²) in [5.41, 5.74) is 0. The molecule has 1 fully saturated rings. The first kappa shape index (κ1) is 7.05. The smallest absolute Gasteiger partial charge is 0.323 e. The molecule has 0 aromatic heterocycles. The lowest BCUT2D eigenvalue weighted by atomic mass is 10.1. The molecule has 0 radical (unpaired) electrons. The van der Waals surface area contributed by atoms with E-state index in [1.54, 1.807) is 0 Å². The molecule has 0 aromatic carbocycles. The first-order chi connectivity index (χ1) is 4.61. The summed E-state index contributed by atoms with van der Waals surface area (Å²) in [6.45, 7) is 1.68. The third kappa shape index (κ3) is 1.10. The van der Waals surface area contributed by atoms with Crippen LogP contribution < -0.4 is 0 Å². The van der Waals surface area contributed by atoms with Crippen LogP contribution in [0.25, 0.3) is 0 Å². The lowest BCUT2D eigenvalue weighted by molar-refractivity contribution is -0.153. The molecule has 1 saturated heterocycles. The van der Waals surface area contributed by atoms with Crippen LogP contribution in [0.2, 0.25) is 0 Å². The molecule has 0 spiro atoms. The SMILES string of the molecule is CC1CC(=O)N1CC(=O)O. The highest BCUT2D eigenvalue weighted by Gasteiger charge is 2.33. The third-order valence-corrected chi connectivity index (χ3v) is 1.63. The van der Waals surface area contributed by atoms with Crippen LogP contribution in [0.5, 0.6) is 0 Å². The second-order valence-electron chi connectivity index (χ2n) is 2.47. The molecule has 1 rings (SSSR count). The highest BCUT2D eigenvalue weighted by molar-refractivity contribution is 5.86. The summed E-state index contributed by atoms with van der Waals surface area (Å²) < 4.78 is 0. The van der Waals surface area contributed by atoms with Crippen LogP contribution in [0.1, 0.15) is 13.3 Å². The number of aliphatic carboxylic acids is 1. The zero-order valence-electron chi connectivity index (χ0n) is 5.70. The van der Waals surface area contributed by atoms with E-state index in [1.807, 2.05) is 6.92 Å². The molecule has 10 heavy (non-hydrogen) atoms. The highest BCUT2D eigenvalue weighted by atomic mass is 16.4. The maximum atomic E-state index is 10.6. The van der Waals surface area contributed by atoms with Gasteiger partial charge in [-0.15, -0.1) is 0 Å². The number of hydrogen-bond donors (Lipinski definition) is 1. The Kier molecular flexibility index (Phi) is 1.61. The van der Waals surface area contributed by atoms with Crippen molar-refractivity contribution in [2.24, 2.45) is 0 Å². The minimum atomic E-state index is -0.945. The number of hydrogen-bond acceptors (Lipinski definition) is 2. The number of rotatable bonds is 2. The van der Waals surface area contributed by atoms with Crippen molar-refractivity contribution in [3.8, 4) is 0 Å². The van der Waals surface area contributed by atoms with Gasteiger partial charge in [-0.1, -0.05) is 0 Å². The predicted molar refractivity (Wildman–Crippen MR) is 33.4 cm³/mol. The van der Waals surface area contributed by atoms with Crippen LogP contribution in [0.3, 0.4) is 0 Å². The molecule has 0 aromatic rings. The molecule has 0 bridgehead atoms. The van der Waals surface area contributed by atoms with E-state index in [2.05, 4.69) is 0 Å². The van der Waals surface area contributed by atoms with E-state index >= 15 is 0 Å². The van der Waals surface area contributed by atoms with Crippen molar-refractivity contribution in [2.45, 2.75) is 19.4 Å². The third-order valence-electron chi connectivity index (χ3n) is 1.63. The zero-order valence-corrected chi connectivity index (χ0v) is 5.70. The minimum absolute atomic E-state index is 0.0603. The molecule has 4 nitrogen and oxygen atoms in total. The Hall–Kier alpha value is -1.06. The zero-order chi connectivity index (χ0) is 7.72. The Morgan fingerprint density at radius 1 is 1.90 bits per heavy atom. The van der Waals surface area contributed by atoms with E-state index in [0.717, 1.165) is 0 Å². The summed E-state index contributed by atoms with van der Waals surface area (Å²) in [7, 11) is 0. The van der Waals surface area contributed by atoms with Crippen molar-refractivity contribution in [1.82, 2.24) is 4.90 Å². The molecule has 1 aliphatic rings. The van der Waals surface area contributed by atoms with Crippen molar-refractivity contribution < 1.29 is 14.7 Å². The van der Waals surface area contributed by atoms with Crippen molar-refractivity contribution in [3.05, 3.63) is 0 Å². The number of amides is 1. The predicted octanol–water partition coefficient (Wildman–Crippen LogP) is -0.308. The summed E-state index contributed by atoms with van der Waals surface area (Å²) in [6, 6.07) is 0.114. The average molecular weight is 143 g/mol. The van der Waals surface area contributed by atoms with Gasteiger partial charge in [0.25, 0.3) is 0 Å². The van der Waals surface area contributed by atoms with Gasteiger partial charge in [0, 0.05) is 12.5 Å². The van der Waals surface area contributed by atoms with Crippen LogP contribution in [-0.2, 0) is 9.59 Å². The van der Waals surface area contributed by atoms with Gasteiger partial charge in [0.2, 0.25) is 5.91 Å². The second kappa shape index (κ2) is 2.28. The number of nitrogens with zero attached hydrogens (tertiary/aromatic N) is 1. The highest BCUT2D eigenvalue weighted by Crippen LogP contribution is 2.16. The number of likely N-dealkylation sites (tertiary alicyclic amines) is 1. The van der Waals surface area contributed by atoms with Crippen LogP contribution in [0.15, 0.2) is 0 Å². The lowest BCUT2D eigenvalue weighted by Gasteiger charge is -2.36. The number of carbonyl (C=O) groups is 2. The molecule has 1 N–H and O–H groups in total. The monoisotopic (exact) mass is 143 g/mol. The van der Waals surface area contributed by atoms with Gasteiger partial charge in [0.1, 0.15) is 6.54 Å². The maximum Gasteiger partial charge on any atom is 0.323 e. The fourth-order valence-corrected chi connectivity index (χ4v) is 1.00. The first-order valence-corrected chi connectivity index (χ1v) is 3.12. The molecule has 1 heterocycles. The number of carboxylic acid groups (broad SMARTS) is 1. The second-order valence-corrected chi connectivity index (χ2v) is 2.47. The van der Waals surface area contributed by atoms with Gasteiger partial charge in [-0.25, -0.2) is 0 Å². The normalized spacial score (nSPS) is 24.3. The van der Waals surface area contributed by atoms with Crippen molar-refractivity contribution in [2.75, 3.05) is 6.54 Å². The summed E-state index contributed by atoms with van der Waals surface area (Å²) >= 11 is 0. The van der Waals surface area contributed by atoms with E-state index in [0.29, 0.717) is 6.42 Å². The molecule has 1 amide bonds. The van der Waals surface area contributed by atoms with Gasteiger partial charge in [0.15, 0.2) is 0 Å². The van der Waals surface area contributed by atoms with Gasteiger partial charge in [0.05, 0.1) is 0 Å². The summed E-state index contributed by atoms with van der Waals surface area (Å²) in [5, 5.41) is 8.29. The van der Waals surface area contributed by atoms with E-state index in [1.165, 1.54) is 4.90 Å². The van der Waals surface area contributed by atoms with Gasteiger partial charge in [-0.05, 0) is 6.92 Å². The molecular formula is C6H9NO3. The van der Waals surface area contributed by atoms with Crippen LogP contribution in [0, 0.1) is 0 Å². The Balaban J connectivity index is 2.40. The van der Waals surface area contributed by atoms with E-state index in [-0.39, 0.29) is 18.5 Å². The molecule has 4 heteroatoms. The average Bonchev–Trinajstić information content (AvgIpc) is 1.84. The van der Waals surface area contributed by atoms with Gasteiger partial charge < -0.3 is 10.0 Å². The molecule has 0 aliphatic carbocycles. The standard InChI is InChI=1S/C6H9NO3/c1-4-2-5(8)7(4)3-6(9)10/h4H,2-3H2,1H3,(H,9,10). The summed E-state index contributed by atoms with van der Waals surface area (Å²) in [6.07, 6.45) is 0.493. The van der Waals surface area contributed by atoms with Gasteiger partial charge >= 0.3 is 5.97 Å². The van der Waals surface area contributed by atoms with Gasteiger partial charge in [-0.3, -0.25) is 9.59 Å². The summed E-state index contributed by atoms with van der Waals surface area (Å²) in [5.74, 6) is -1.00. The molecule has 1 atom stereocenters. The molecule has 1 unspecified atom stereocenters. The van der Waals surface area contributed by atoms with E-state index in [9.17, 15) is 9.59 Å². The molecular weight excluding hydrogens is 134 g/mol. The fraction of sp³-hybridized carbons (Fsp3) is 0.667. The Labute approximate surface area is 58.4 Å². The van der Waals surface area contributed by atoms with Crippen molar-refractivity contribution in [1.29, 1.82) is 0 Å². The van der Waals surface area contributed by atoms with Crippen LogP contribution >= 0.6 is 0 Å². The fourth-order valence-electron chi connectivity index (χ4n) is 1.00. The molecule has 56 valence electrons. The maximum absolute atomic E-state index is 10.6. The van der Waals surface area contributed by atoms with Crippen molar-refractivity contribution in [3.63, 3.8) is 0 Å². The Morgan fingerprint density at radius 2 is 2.50 bits per heavy atom. The van der Waals surface area contributed by atoms with Crippen molar-refractivity contribution >= 4 is 11.9 Å². The lowest BCUT2D eigenvalue weighted by Crippen LogP contribution is -2.52. The van der Waals surface area contributed by atoms with E-state index < -0.39 is 5.97 Å². The molecule has 1 aliphatic heterocycles. The number of carboxylic acids is 1. The molecule has 0 saturated carbocycles. The number of β-lactam (4-membered cyclic amide) rings is 1. The quantitative estimate of drug-likeness (QED) is 0.539. The first-order valence-electron chi connectivity index (χ1n) is 3.12. The van der Waals surface area contributed by atoms with Crippen LogP contribution in [-0.4, -0.2) is 34.5 Å².